The number of ether oxygens (including phenoxy) is 2. The van der Waals surface area contributed by atoms with Crippen molar-refractivity contribution >= 4 is 15.9 Å². The number of hydrogen-bond acceptors (Lipinski definition) is 7. The number of hydrogen-bond donors (Lipinski definition) is 1. The molecule has 2 aromatic carbocycles. The van der Waals surface area contributed by atoms with Gasteiger partial charge >= 0.3 is 0 Å². The van der Waals surface area contributed by atoms with Crippen LogP contribution in [0.3, 0.4) is 0 Å². The molecule has 0 aliphatic rings. The minimum absolute atomic E-state index is 0.0386. The van der Waals surface area contributed by atoms with Crippen LogP contribution in [0.15, 0.2) is 51.9 Å². The molecule has 158 valence electrons. The Kier molecular flexibility index (Phi) is 6.12. The molecule has 30 heavy (non-hydrogen) atoms. The molecule has 0 atom stereocenters. The highest BCUT2D eigenvalue weighted by Gasteiger charge is 2.22. The molecule has 0 spiro atoms. The summed E-state index contributed by atoms with van der Waals surface area (Å²) in [6, 6.07) is 10.8. The molecule has 3 rings (SSSR count). The second kappa shape index (κ2) is 8.58. The topological polar surface area (TPSA) is 108 Å². The van der Waals surface area contributed by atoms with Crippen LogP contribution in [0.4, 0.5) is 0 Å². The van der Waals surface area contributed by atoms with Crippen molar-refractivity contribution < 1.29 is 27.2 Å². The normalized spacial score (nSPS) is 11.2. The van der Waals surface area contributed by atoms with Gasteiger partial charge in [0.05, 0.1) is 28.8 Å². The smallest absolute Gasteiger partial charge is 0.268 e. The van der Waals surface area contributed by atoms with Crippen LogP contribution in [0.1, 0.15) is 32.9 Å². The number of benzene rings is 2. The van der Waals surface area contributed by atoms with Crippen LogP contribution < -0.4 is 14.2 Å². The predicted octanol–water partition coefficient (Wildman–Crippen LogP) is 3.31. The van der Waals surface area contributed by atoms with E-state index in [1.54, 1.807) is 39.0 Å². The Morgan fingerprint density at radius 3 is 2.47 bits per heavy atom. The van der Waals surface area contributed by atoms with Crippen LogP contribution in [0.25, 0.3) is 0 Å². The quantitative estimate of drug-likeness (QED) is 0.613. The van der Waals surface area contributed by atoms with Crippen LogP contribution in [-0.2, 0) is 16.6 Å². The van der Waals surface area contributed by atoms with Gasteiger partial charge in [-0.1, -0.05) is 17.3 Å². The van der Waals surface area contributed by atoms with Crippen LogP contribution in [0.2, 0.25) is 0 Å². The number of rotatable bonds is 7. The maximum Gasteiger partial charge on any atom is 0.268 e. The minimum Gasteiger partial charge on any atom is -0.496 e. The summed E-state index contributed by atoms with van der Waals surface area (Å²) in [5, 5.41) is 3.86. The van der Waals surface area contributed by atoms with Gasteiger partial charge in [-0.2, -0.15) is 0 Å². The molecule has 0 saturated carbocycles. The summed E-state index contributed by atoms with van der Waals surface area (Å²) < 4.78 is 43.5. The molecule has 1 amide bonds. The van der Waals surface area contributed by atoms with Gasteiger partial charge in [0.2, 0.25) is 0 Å². The lowest BCUT2D eigenvalue weighted by Gasteiger charge is -2.13. The first-order valence-electron chi connectivity index (χ1n) is 9.08. The number of aromatic nitrogens is 1. The van der Waals surface area contributed by atoms with Gasteiger partial charge in [-0.15, -0.1) is 0 Å². The lowest BCUT2D eigenvalue weighted by atomic mass is 10.2. The molecule has 1 N–H and O–H groups in total. The third kappa shape index (κ3) is 4.46. The van der Waals surface area contributed by atoms with Gasteiger partial charge in [-0.05, 0) is 56.7 Å². The van der Waals surface area contributed by atoms with Gasteiger partial charge in [0, 0.05) is 0 Å². The Morgan fingerprint density at radius 2 is 1.83 bits per heavy atom. The highest BCUT2D eigenvalue weighted by Crippen LogP contribution is 2.24. The number of nitrogens with one attached hydrogen (secondary N) is 1. The van der Waals surface area contributed by atoms with E-state index < -0.39 is 15.9 Å². The molecule has 1 heterocycles. The zero-order valence-corrected chi connectivity index (χ0v) is 17.9. The second-order valence-electron chi connectivity index (χ2n) is 6.65. The van der Waals surface area contributed by atoms with Crippen LogP contribution in [0.5, 0.6) is 11.5 Å². The van der Waals surface area contributed by atoms with Crippen molar-refractivity contribution in [2.75, 3.05) is 7.11 Å². The summed E-state index contributed by atoms with van der Waals surface area (Å²) in [7, 11) is -2.58. The van der Waals surface area contributed by atoms with Crippen molar-refractivity contribution in [1.82, 2.24) is 9.88 Å². The van der Waals surface area contributed by atoms with Crippen molar-refractivity contribution in [3.05, 3.63) is 70.6 Å². The van der Waals surface area contributed by atoms with E-state index in [0.29, 0.717) is 22.8 Å². The molecule has 8 nitrogen and oxygen atoms in total. The number of aryl methyl sites for hydroxylation is 3. The van der Waals surface area contributed by atoms with Crippen molar-refractivity contribution in [1.29, 1.82) is 0 Å². The highest BCUT2D eigenvalue weighted by molar-refractivity contribution is 7.90. The van der Waals surface area contributed by atoms with E-state index in [9.17, 15) is 13.2 Å². The third-order valence-corrected chi connectivity index (χ3v) is 5.92. The predicted molar refractivity (Wildman–Crippen MR) is 109 cm³/mol. The van der Waals surface area contributed by atoms with E-state index in [4.69, 9.17) is 14.0 Å². The van der Waals surface area contributed by atoms with Crippen molar-refractivity contribution in [2.24, 2.45) is 0 Å². The van der Waals surface area contributed by atoms with E-state index in [1.807, 2.05) is 0 Å². The molecule has 0 aliphatic carbocycles. The van der Waals surface area contributed by atoms with E-state index in [2.05, 4.69) is 9.88 Å². The van der Waals surface area contributed by atoms with Gasteiger partial charge in [0.25, 0.3) is 15.9 Å². The molecule has 0 unspecified atom stereocenters. The molecule has 0 aliphatic heterocycles. The Bertz CT molecular complexity index is 1160. The van der Waals surface area contributed by atoms with Crippen molar-refractivity contribution in [3.63, 3.8) is 0 Å². The summed E-state index contributed by atoms with van der Waals surface area (Å²) in [6.45, 7) is 5.41. The minimum atomic E-state index is -4.08. The Hall–Kier alpha value is -3.33. The SMILES string of the molecule is COc1ccc(S(=O)(=O)NC(=O)c2ccccc2OCc2c(C)noc2C)cc1C. The lowest BCUT2D eigenvalue weighted by Crippen LogP contribution is -2.31. The fourth-order valence-electron chi connectivity index (χ4n) is 2.89. The molecule has 9 heteroatoms. The summed E-state index contributed by atoms with van der Waals surface area (Å²) in [4.78, 5) is 12.7. The molecule has 0 fully saturated rings. The summed E-state index contributed by atoms with van der Waals surface area (Å²) >= 11 is 0. The first-order valence-corrected chi connectivity index (χ1v) is 10.6. The van der Waals surface area contributed by atoms with Crippen LogP contribution in [-0.4, -0.2) is 26.6 Å². The second-order valence-corrected chi connectivity index (χ2v) is 8.34. The number of methoxy groups -OCH3 is 1. The average molecular weight is 430 g/mol. The third-order valence-electron chi connectivity index (χ3n) is 4.59. The highest BCUT2D eigenvalue weighted by atomic mass is 32.2. The summed E-state index contributed by atoms with van der Waals surface area (Å²) in [6.07, 6.45) is 0. The first-order chi connectivity index (χ1) is 14.2. The average Bonchev–Trinajstić information content (AvgIpc) is 3.03. The molecule has 0 bridgehead atoms. The fraction of sp³-hybridized carbons (Fsp3) is 0.238. The van der Waals surface area contributed by atoms with Gasteiger partial charge < -0.3 is 14.0 Å². The molecule has 0 saturated heterocycles. The molecule has 1 aromatic heterocycles. The van der Waals surface area contributed by atoms with E-state index in [-0.39, 0.29) is 22.8 Å². The van der Waals surface area contributed by atoms with Crippen molar-refractivity contribution in [2.45, 2.75) is 32.3 Å². The summed E-state index contributed by atoms with van der Waals surface area (Å²) in [5.41, 5.74) is 2.19. The zero-order valence-electron chi connectivity index (χ0n) is 17.1. The first kappa shape index (κ1) is 21.4. The Balaban J connectivity index is 1.81. The van der Waals surface area contributed by atoms with Gasteiger partial charge in [-0.25, -0.2) is 13.1 Å². The molecular formula is C21H22N2O6S. The molecular weight excluding hydrogens is 408 g/mol. The van der Waals surface area contributed by atoms with E-state index in [0.717, 1.165) is 5.56 Å². The monoisotopic (exact) mass is 430 g/mol. The Labute approximate surface area is 174 Å². The Morgan fingerprint density at radius 1 is 1.10 bits per heavy atom. The zero-order chi connectivity index (χ0) is 21.9. The summed E-state index contributed by atoms with van der Waals surface area (Å²) in [5.74, 6) is 0.624. The van der Waals surface area contributed by atoms with Crippen LogP contribution >= 0.6 is 0 Å². The number of carbonyl (C=O) groups excluding carboxylic acids is 1. The molecule has 3 aromatic rings. The van der Waals surface area contributed by atoms with E-state index in [1.165, 1.54) is 31.4 Å². The standard InChI is InChI=1S/C21H22N2O6S/c1-13-11-16(9-10-19(13)27-4)30(25,26)23-21(24)17-7-5-6-8-20(17)28-12-18-14(2)22-29-15(18)3/h5-11H,12H2,1-4H3,(H,23,24). The number of nitrogens with zero attached hydrogens (tertiary/aromatic N) is 1. The number of carbonyl (C=O) groups is 1. The fourth-order valence-corrected chi connectivity index (χ4v) is 3.94. The van der Waals surface area contributed by atoms with Crippen molar-refractivity contribution in [3.8, 4) is 11.5 Å². The van der Waals surface area contributed by atoms with Crippen LogP contribution in [0, 0.1) is 20.8 Å². The lowest BCUT2D eigenvalue weighted by molar-refractivity contribution is 0.0977. The maximum absolute atomic E-state index is 12.7. The number of para-hydroxylation sites is 1. The van der Waals surface area contributed by atoms with Gasteiger partial charge in [0.1, 0.15) is 23.9 Å². The molecule has 0 radical (unpaired) electrons. The maximum atomic E-state index is 12.7. The number of amides is 1. The van der Waals surface area contributed by atoms with Gasteiger partial charge in [-0.3, -0.25) is 4.79 Å². The van der Waals surface area contributed by atoms with E-state index >= 15 is 0 Å². The van der Waals surface area contributed by atoms with Gasteiger partial charge in [0.15, 0.2) is 0 Å². The largest absolute Gasteiger partial charge is 0.496 e. The number of sulfonamides is 1.